The Kier molecular flexibility index (Phi) is 5.52. The maximum atomic E-state index is 14.2. The van der Waals surface area contributed by atoms with Crippen molar-refractivity contribution in [2.75, 3.05) is 0 Å². The van der Waals surface area contributed by atoms with Crippen LogP contribution in [0, 0.1) is 28.5 Å². The summed E-state index contributed by atoms with van der Waals surface area (Å²) in [5.41, 5.74) is -2.68. The minimum absolute atomic E-state index is 0.0835. The van der Waals surface area contributed by atoms with E-state index in [0.29, 0.717) is 5.69 Å². The molecular weight excluding hydrogens is 485 g/mol. The summed E-state index contributed by atoms with van der Waals surface area (Å²) >= 11 is 11.4. The summed E-state index contributed by atoms with van der Waals surface area (Å²) < 4.78 is 57.5. The van der Waals surface area contributed by atoms with Crippen LogP contribution in [0.3, 0.4) is 0 Å². The highest BCUT2D eigenvalue weighted by Crippen LogP contribution is 2.50. The first-order valence-corrected chi connectivity index (χ1v) is 9.81. The van der Waals surface area contributed by atoms with Gasteiger partial charge in [-0.15, -0.1) is 0 Å². The zero-order valence-corrected chi connectivity index (χ0v) is 17.7. The average Bonchev–Trinajstić information content (AvgIpc) is 3.44. The molecule has 0 N–H and O–H groups in total. The number of oxime groups is 1. The van der Waals surface area contributed by atoms with Crippen molar-refractivity contribution in [3.63, 3.8) is 0 Å². The molecule has 0 aliphatic carbocycles. The maximum absolute atomic E-state index is 14.2. The monoisotopic (exact) mass is 493 g/mol. The van der Waals surface area contributed by atoms with Crippen molar-refractivity contribution < 1.29 is 22.4 Å². The summed E-state index contributed by atoms with van der Waals surface area (Å²) in [6.07, 6.45) is -3.01. The smallest absolute Gasteiger partial charge is 0.374 e. The first kappa shape index (κ1) is 22.6. The number of hydrogen-bond acceptors (Lipinski definition) is 5. The van der Waals surface area contributed by atoms with Crippen molar-refractivity contribution in [3.05, 3.63) is 80.8 Å². The van der Waals surface area contributed by atoms with Gasteiger partial charge in [-0.05, 0) is 24.3 Å². The molecular formula is C21H9Cl2F4N5O. The normalized spacial score (nSPS) is 17.8. The number of nitrogens with zero attached hydrogens (tertiary/aromatic N) is 5. The van der Waals surface area contributed by atoms with Crippen LogP contribution in [0.5, 0.6) is 0 Å². The Hall–Kier alpha value is -3.60. The van der Waals surface area contributed by atoms with Gasteiger partial charge in [0.05, 0.1) is 38.8 Å². The van der Waals surface area contributed by atoms with E-state index in [1.807, 2.05) is 12.1 Å². The number of nitriles is 2. The third-order valence-electron chi connectivity index (χ3n) is 5.04. The van der Waals surface area contributed by atoms with Crippen LogP contribution in [0.4, 0.5) is 17.6 Å². The SMILES string of the molecule is N#Cc1cnn(-c2ccc(C3=NOC(c4cc(Cl)c(F)c(Cl)c4)(C(F)(F)F)C3)cc2C#N)c1. The van der Waals surface area contributed by atoms with Crippen LogP contribution in [-0.4, -0.2) is 21.7 Å². The van der Waals surface area contributed by atoms with E-state index < -0.39 is 39.6 Å². The van der Waals surface area contributed by atoms with Crippen molar-refractivity contribution in [2.45, 2.75) is 18.2 Å². The average molecular weight is 494 g/mol. The third-order valence-corrected chi connectivity index (χ3v) is 5.59. The van der Waals surface area contributed by atoms with E-state index in [1.165, 1.54) is 35.3 Å². The summed E-state index contributed by atoms with van der Waals surface area (Å²) in [5.74, 6) is -1.05. The second-order valence-corrected chi connectivity index (χ2v) is 7.83. The summed E-state index contributed by atoms with van der Waals surface area (Å²) in [6.45, 7) is 0. The number of alkyl halides is 3. The Morgan fingerprint density at radius 2 is 1.79 bits per heavy atom. The molecule has 12 heteroatoms. The van der Waals surface area contributed by atoms with Crippen LogP contribution in [0.2, 0.25) is 10.0 Å². The van der Waals surface area contributed by atoms with Crippen LogP contribution in [0.1, 0.15) is 28.7 Å². The van der Waals surface area contributed by atoms with Crippen LogP contribution < -0.4 is 0 Å². The fourth-order valence-electron chi connectivity index (χ4n) is 3.36. The zero-order chi connectivity index (χ0) is 24.0. The molecule has 1 aromatic heterocycles. The quantitative estimate of drug-likeness (QED) is 0.348. The molecule has 0 amide bonds. The Labute approximate surface area is 193 Å². The molecule has 0 saturated heterocycles. The highest BCUT2D eigenvalue weighted by atomic mass is 35.5. The Balaban J connectivity index is 1.73. The topological polar surface area (TPSA) is 87.0 Å². The lowest BCUT2D eigenvalue weighted by Gasteiger charge is -2.29. The van der Waals surface area contributed by atoms with Crippen LogP contribution in [0.25, 0.3) is 5.69 Å². The van der Waals surface area contributed by atoms with Gasteiger partial charge in [0.1, 0.15) is 12.1 Å². The largest absolute Gasteiger partial charge is 0.435 e. The van der Waals surface area contributed by atoms with Gasteiger partial charge < -0.3 is 4.84 Å². The van der Waals surface area contributed by atoms with E-state index in [2.05, 4.69) is 10.3 Å². The molecule has 3 aromatic rings. The molecule has 6 nitrogen and oxygen atoms in total. The van der Waals surface area contributed by atoms with Crippen molar-refractivity contribution in [2.24, 2.45) is 5.16 Å². The number of halogens is 6. The van der Waals surface area contributed by atoms with E-state index in [0.717, 1.165) is 12.1 Å². The van der Waals surface area contributed by atoms with Gasteiger partial charge in [-0.2, -0.15) is 28.8 Å². The molecule has 1 aliphatic rings. The summed E-state index contributed by atoms with van der Waals surface area (Å²) in [5, 5.41) is 24.9. The third kappa shape index (κ3) is 3.78. The second kappa shape index (κ2) is 8.07. The predicted octanol–water partition coefficient (Wildman–Crippen LogP) is 5.64. The lowest BCUT2D eigenvalue weighted by molar-refractivity contribution is -0.275. The highest BCUT2D eigenvalue weighted by molar-refractivity contribution is 6.35. The van der Waals surface area contributed by atoms with Gasteiger partial charge in [-0.25, -0.2) is 9.07 Å². The fraction of sp³-hybridized carbons (Fsp3) is 0.143. The molecule has 0 radical (unpaired) electrons. The van der Waals surface area contributed by atoms with Crippen LogP contribution in [-0.2, 0) is 10.4 Å². The molecule has 0 bridgehead atoms. The van der Waals surface area contributed by atoms with Crippen LogP contribution in [0.15, 0.2) is 47.9 Å². The summed E-state index contributed by atoms with van der Waals surface area (Å²) in [6, 6.07) is 9.70. The Bertz CT molecular complexity index is 1360. The van der Waals surface area contributed by atoms with Gasteiger partial charge in [-0.1, -0.05) is 34.4 Å². The van der Waals surface area contributed by atoms with Gasteiger partial charge in [0.2, 0.25) is 0 Å². The van der Waals surface area contributed by atoms with Crippen molar-refractivity contribution >= 4 is 28.9 Å². The lowest BCUT2D eigenvalue weighted by atomic mass is 9.86. The molecule has 4 rings (SSSR count). The minimum Gasteiger partial charge on any atom is -0.374 e. The molecule has 1 unspecified atom stereocenters. The van der Waals surface area contributed by atoms with Crippen molar-refractivity contribution in [1.82, 2.24) is 9.78 Å². The maximum Gasteiger partial charge on any atom is 0.435 e. The van der Waals surface area contributed by atoms with E-state index >= 15 is 0 Å². The molecule has 0 spiro atoms. The van der Waals surface area contributed by atoms with Crippen LogP contribution >= 0.6 is 23.2 Å². The summed E-state index contributed by atoms with van der Waals surface area (Å²) in [7, 11) is 0. The molecule has 0 fully saturated rings. The molecule has 2 aromatic carbocycles. The van der Waals surface area contributed by atoms with E-state index in [-0.39, 0.29) is 22.4 Å². The van der Waals surface area contributed by atoms with Gasteiger partial charge in [0.25, 0.3) is 5.60 Å². The molecule has 166 valence electrons. The van der Waals surface area contributed by atoms with Crippen molar-refractivity contribution in [1.29, 1.82) is 10.5 Å². The van der Waals surface area contributed by atoms with Gasteiger partial charge in [-0.3, -0.25) is 0 Å². The Morgan fingerprint density at radius 1 is 1.09 bits per heavy atom. The molecule has 1 atom stereocenters. The van der Waals surface area contributed by atoms with Gasteiger partial charge in [0, 0.05) is 23.7 Å². The van der Waals surface area contributed by atoms with E-state index in [9.17, 15) is 22.8 Å². The first-order valence-electron chi connectivity index (χ1n) is 9.06. The number of rotatable bonds is 3. The fourth-order valence-corrected chi connectivity index (χ4v) is 3.85. The van der Waals surface area contributed by atoms with E-state index in [4.69, 9.17) is 33.3 Å². The van der Waals surface area contributed by atoms with E-state index in [1.54, 1.807) is 0 Å². The summed E-state index contributed by atoms with van der Waals surface area (Å²) in [4.78, 5) is 4.90. The minimum atomic E-state index is -4.95. The number of aromatic nitrogens is 2. The Morgan fingerprint density at radius 3 is 2.36 bits per heavy atom. The van der Waals surface area contributed by atoms with Gasteiger partial charge >= 0.3 is 6.18 Å². The van der Waals surface area contributed by atoms with Gasteiger partial charge in [0.15, 0.2) is 5.82 Å². The first-order chi connectivity index (χ1) is 15.6. The van der Waals surface area contributed by atoms with Crippen molar-refractivity contribution in [3.8, 4) is 17.8 Å². The molecule has 33 heavy (non-hydrogen) atoms. The lowest BCUT2D eigenvalue weighted by Crippen LogP contribution is -2.42. The highest BCUT2D eigenvalue weighted by Gasteiger charge is 2.62. The number of benzene rings is 2. The zero-order valence-electron chi connectivity index (χ0n) is 16.2. The molecule has 2 heterocycles. The second-order valence-electron chi connectivity index (χ2n) is 7.01. The molecule has 1 aliphatic heterocycles. The standard InChI is InChI=1S/C21H9Cl2F4N5O/c22-15-4-14(5-16(23)19(15)24)20(21(25,26)27)6-17(31-33-20)12-1-2-18(13(3-12)8-29)32-10-11(7-28)9-30-32/h1-5,9-10H,6H2. The molecule has 0 saturated carbocycles. The predicted molar refractivity (Wildman–Crippen MR) is 109 cm³/mol. The number of hydrogen-bond donors (Lipinski definition) is 0.